The van der Waals surface area contributed by atoms with Crippen molar-refractivity contribution in [3.05, 3.63) is 61.0 Å². The summed E-state index contributed by atoms with van der Waals surface area (Å²) < 4.78 is 14.7. The molecule has 0 unspecified atom stereocenters. The molecule has 1 aliphatic heterocycles. The van der Waals surface area contributed by atoms with Crippen molar-refractivity contribution in [2.24, 2.45) is 0 Å². The molecule has 0 aliphatic carbocycles. The summed E-state index contributed by atoms with van der Waals surface area (Å²) in [6.45, 7) is 7.62. The number of aryl methyl sites for hydroxylation is 1. The molecule has 5 nitrogen and oxygen atoms in total. The van der Waals surface area contributed by atoms with Gasteiger partial charge in [0.05, 0.1) is 7.06 Å². The van der Waals surface area contributed by atoms with E-state index < -0.39 is 6.02 Å². The van der Waals surface area contributed by atoms with Crippen molar-refractivity contribution in [3.8, 4) is 0 Å². The molecule has 3 heterocycles. The van der Waals surface area contributed by atoms with Gasteiger partial charge >= 0.3 is 0 Å². The third-order valence-electron chi connectivity index (χ3n) is 4.79. The van der Waals surface area contributed by atoms with Crippen LogP contribution in [0.3, 0.4) is 0 Å². The molecule has 129 valence electrons. The predicted octanol–water partition coefficient (Wildman–Crippen LogP) is 5.17. The number of nitrogens with zero attached hydrogens (tertiary/aromatic N) is 4. The van der Waals surface area contributed by atoms with Gasteiger partial charge in [0.15, 0.2) is 17.2 Å². The maximum Gasteiger partial charge on any atom is 0.178 e. The molecule has 0 spiro atoms. The zero-order valence-electron chi connectivity index (χ0n) is 15.9. The monoisotopic (exact) mass is 344 g/mol. The second-order valence-electron chi connectivity index (χ2n) is 6.71. The number of furan rings is 1. The van der Waals surface area contributed by atoms with Crippen LogP contribution in [-0.2, 0) is 0 Å². The van der Waals surface area contributed by atoms with E-state index in [1.54, 1.807) is 12.4 Å². The van der Waals surface area contributed by atoms with Gasteiger partial charge in [-0.05, 0) is 32.4 Å². The second-order valence-corrected chi connectivity index (χ2v) is 6.71. The number of hydrogen-bond donors (Lipinski definition) is 0. The van der Waals surface area contributed by atoms with Crippen LogP contribution in [0, 0.1) is 13.6 Å². The minimum absolute atomic E-state index is 0.671. The van der Waals surface area contributed by atoms with Crippen LogP contribution < -0.4 is 9.80 Å². The fourth-order valence-electron chi connectivity index (χ4n) is 3.55. The average molecular weight is 344 g/mol. The van der Waals surface area contributed by atoms with Crippen LogP contribution in [0.5, 0.6) is 0 Å². The van der Waals surface area contributed by atoms with E-state index in [0.717, 1.165) is 33.2 Å². The van der Waals surface area contributed by atoms with E-state index >= 15 is 0 Å². The van der Waals surface area contributed by atoms with Crippen molar-refractivity contribution in [2.45, 2.75) is 26.8 Å². The van der Waals surface area contributed by atoms with E-state index in [4.69, 9.17) is 5.79 Å². The largest absolute Gasteiger partial charge is 0.454 e. The molecule has 0 saturated carbocycles. The highest BCUT2D eigenvalue weighted by atomic mass is 16.3. The first-order valence-electron chi connectivity index (χ1n) is 9.10. The maximum atomic E-state index is 8.49. The fraction of sp³-hybridized carbons (Fsp3) is 0.190. The van der Waals surface area contributed by atoms with Gasteiger partial charge in [-0.2, -0.15) is 0 Å². The number of para-hydroxylation sites is 1. The molecule has 5 rings (SSSR count). The van der Waals surface area contributed by atoms with Crippen LogP contribution in [0.1, 0.15) is 20.8 Å². The Labute approximate surface area is 153 Å². The summed E-state index contributed by atoms with van der Waals surface area (Å²) in [6.07, 6.45) is 3.33. The van der Waals surface area contributed by atoms with Crippen LogP contribution in [0.15, 0.2) is 53.2 Å². The molecule has 0 atom stereocenters. The van der Waals surface area contributed by atoms with E-state index in [2.05, 4.69) is 35.1 Å². The molecule has 0 bridgehead atoms. The predicted molar refractivity (Wildman–Crippen MR) is 105 cm³/mol. The summed E-state index contributed by atoms with van der Waals surface area (Å²) >= 11 is 0. The molecule has 4 aromatic rings. The minimum atomic E-state index is -0.866. The highest BCUT2D eigenvalue weighted by molar-refractivity contribution is 6.10. The lowest BCUT2D eigenvalue weighted by atomic mass is 10.1. The van der Waals surface area contributed by atoms with Gasteiger partial charge in [0, 0.05) is 29.2 Å². The van der Waals surface area contributed by atoms with Crippen molar-refractivity contribution in [1.82, 2.24) is 9.97 Å². The fourth-order valence-corrected chi connectivity index (χ4v) is 3.55. The first-order chi connectivity index (χ1) is 12.9. The molecule has 0 amide bonds. The Kier molecular flexibility index (Phi) is 2.97. The van der Waals surface area contributed by atoms with Crippen LogP contribution in [-0.4, -0.2) is 16.0 Å². The van der Waals surface area contributed by atoms with Gasteiger partial charge < -0.3 is 9.32 Å². The Hall–Kier alpha value is -3.08. The Bertz CT molecular complexity index is 1180. The SMILES string of the molecule is [2H]C(C)(C)N1[CH]N(c2c(C)ccc3c2oc2ccccc23)c2nccnc21. The maximum absolute atomic E-state index is 8.49. The number of anilines is 3. The van der Waals surface area contributed by atoms with Gasteiger partial charge in [-0.1, -0.05) is 30.3 Å². The number of aromatic nitrogens is 2. The summed E-state index contributed by atoms with van der Waals surface area (Å²) in [4.78, 5) is 12.8. The number of fused-ring (bicyclic) bond motifs is 4. The standard InChI is InChI=1S/C21H19N4O/c1-13(2)24-12-25(21-20(24)22-10-11-23-21)18-14(3)8-9-16-15-6-4-5-7-17(15)26-19(16)18/h4-13H,1-3H3/i13D. The molecule has 0 saturated heterocycles. The highest BCUT2D eigenvalue weighted by Gasteiger charge is 2.34. The first-order valence-corrected chi connectivity index (χ1v) is 8.60. The van der Waals surface area contributed by atoms with Crippen molar-refractivity contribution >= 4 is 39.3 Å². The first kappa shape index (κ1) is 14.1. The molecule has 5 heteroatoms. The third kappa shape index (κ3) is 2.03. The number of benzene rings is 2. The Morgan fingerprint density at radius 2 is 1.77 bits per heavy atom. The van der Waals surface area contributed by atoms with Gasteiger partial charge in [-0.3, -0.25) is 4.90 Å². The van der Waals surface area contributed by atoms with E-state index in [1.807, 2.05) is 48.5 Å². The lowest BCUT2D eigenvalue weighted by Crippen LogP contribution is -2.29. The van der Waals surface area contributed by atoms with Crippen molar-refractivity contribution < 1.29 is 5.79 Å². The quantitative estimate of drug-likeness (QED) is 0.502. The van der Waals surface area contributed by atoms with Crippen molar-refractivity contribution in [3.63, 3.8) is 0 Å². The highest BCUT2D eigenvalue weighted by Crippen LogP contribution is 2.46. The molecule has 26 heavy (non-hydrogen) atoms. The van der Waals surface area contributed by atoms with Crippen LogP contribution in [0.25, 0.3) is 21.9 Å². The normalized spacial score (nSPS) is 15.0. The molecule has 1 aliphatic rings. The number of rotatable bonds is 2. The van der Waals surface area contributed by atoms with Crippen molar-refractivity contribution in [2.75, 3.05) is 9.80 Å². The molecule has 1 radical (unpaired) electrons. The molecule has 0 fully saturated rings. The molecule has 2 aromatic carbocycles. The lowest BCUT2D eigenvalue weighted by Gasteiger charge is -2.23. The van der Waals surface area contributed by atoms with E-state index in [-0.39, 0.29) is 0 Å². The second kappa shape index (κ2) is 5.46. The van der Waals surface area contributed by atoms with Gasteiger partial charge in [-0.15, -0.1) is 0 Å². The molecule has 2 aromatic heterocycles. The van der Waals surface area contributed by atoms with Gasteiger partial charge in [0.25, 0.3) is 0 Å². The van der Waals surface area contributed by atoms with E-state index in [9.17, 15) is 0 Å². The Morgan fingerprint density at radius 3 is 2.58 bits per heavy atom. The van der Waals surface area contributed by atoms with Crippen LogP contribution in [0.4, 0.5) is 17.3 Å². The summed E-state index contributed by atoms with van der Waals surface area (Å²) in [5.74, 6) is 1.37. The molecular weight excluding hydrogens is 324 g/mol. The molecule has 0 N–H and O–H groups in total. The average Bonchev–Trinajstić information content (AvgIpc) is 3.20. The summed E-state index contributed by atoms with van der Waals surface area (Å²) in [5.41, 5.74) is 3.67. The number of hydrogen-bond acceptors (Lipinski definition) is 5. The molecular formula is C21H19N4O. The van der Waals surface area contributed by atoms with Crippen LogP contribution in [0.2, 0.25) is 0 Å². The Balaban J connectivity index is 1.78. The third-order valence-corrected chi connectivity index (χ3v) is 4.79. The topological polar surface area (TPSA) is 45.4 Å². The van der Waals surface area contributed by atoms with E-state index in [1.165, 1.54) is 0 Å². The van der Waals surface area contributed by atoms with Crippen molar-refractivity contribution in [1.29, 1.82) is 0 Å². The Morgan fingerprint density at radius 1 is 1.00 bits per heavy atom. The zero-order valence-corrected chi connectivity index (χ0v) is 14.9. The summed E-state index contributed by atoms with van der Waals surface area (Å²) in [5, 5.41) is 2.15. The summed E-state index contributed by atoms with van der Waals surface area (Å²) in [7, 11) is 0. The van der Waals surface area contributed by atoms with E-state index in [0.29, 0.717) is 11.6 Å². The lowest BCUT2D eigenvalue weighted by molar-refractivity contribution is 0.667. The smallest absolute Gasteiger partial charge is 0.178 e. The summed E-state index contributed by atoms with van der Waals surface area (Å²) in [6, 6.07) is 11.4. The minimum Gasteiger partial charge on any atom is -0.454 e. The zero-order chi connectivity index (χ0) is 18.8. The van der Waals surface area contributed by atoms with Gasteiger partial charge in [-0.25, -0.2) is 9.97 Å². The van der Waals surface area contributed by atoms with Crippen LogP contribution >= 0.6 is 0 Å². The van der Waals surface area contributed by atoms with Gasteiger partial charge in [0.1, 0.15) is 12.3 Å². The van der Waals surface area contributed by atoms with Gasteiger partial charge in [0.2, 0.25) is 0 Å².